The van der Waals surface area contributed by atoms with Gasteiger partial charge in [0.2, 0.25) is 0 Å². The summed E-state index contributed by atoms with van der Waals surface area (Å²) in [4.78, 5) is 0. The SMILES string of the molecule is Cc1ccc(C(NN)c2cnnn2C)o1. The van der Waals surface area contributed by atoms with Crippen LogP contribution >= 0.6 is 0 Å². The van der Waals surface area contributed by atoms with Crippen LogP contribution in [0.15, 0.2) is 22.7 Å². The lowest BCUT2D eigenvalue weighted by Gasteiger charge is -2.12. The van der Waals surface area contributed by atoms with Crippen molar-refractivity contribution in [1.82, 2.24) is 20.4 Å². The molecule has 3 N–H and O–H groups in total. The minimum atomic E-state index is -0.223. The third-order valence-corrected chi connectivity index (χ3v) is 2.26. The van der Waals surface area contributed by atoms with E-state index in [1.165, 1.54) is 0 Å². The average Bonchev–Trinajstić information content (AvgIpc) is 2.79. The monoisotopic (exact) mass is 207 g/mol. The van der Waals surface area contributed by atoms with Crippen molar-refractivity contribution < 1.29 is 4.42 Å². The topological polar surface area (TPSA) is 81.9 Å². The summed E-state index contributed by atoms with van der Waals surface area (Å²) in [6.45, 7) is 1.89. The van der Waals surface area contributed by atoms with Crippen LogP contribution in [0.3, 0.4) is 0 Å². The van der Waals surface area contributed by atoms with Gasteiger partial charge in [-0.25, -0.2) is 5.43 Å². The molecule has 0 aliphatic rings. The van der Waals surface area contributed by atoms with E-state index in [1.54, 1.807) is 10.9 Å². The van der Waals surface area contributed by atoms with E-state index in [9.17, 15) is 0 Å². The number of rotatable bonds is 3. The van der Waals surface area contributed by atoms with Gasteiger partial charge in [0.05, 0.1) is 11.9 Å². The van der Waals surface area contributed by atoms with Crippen molar-refractivity contribution in [3.8, 4) is 0 Å². The summed E-state index contributed by atoms with van der Waals surface area (Å²) in [5, 5.41) is 7.65. The van der Waals surface area contributed by atoms with Crippen LogP contribution in [0.5, 0.6) is 0 Å². The predicted molar refractivity (Wildman–Crippen MR) is 53.6 cm³/mol. The van der Waals surface area contributed by atoms with Gasteiger partial charge in [-0.1, -0.05) is 5.21 Å². The zero-order valence-corrected chi connectivity index (χ0v) is 8.64. The summed E-state index contributed by atoms with van der Waals surface area (Å²) in [6.07, 6.45) is 1.66. The van der Waals surface area contributed by atoms with E-state index in [0.717, 1.165) is 17.2 Å². The fourth-order valence-electron chi connectivity index (χ4n) is 1.48. The first kappa shape index (κ1) is 9.88. The lowest BCUT2D eigenvalue weighted by atomic mass is 10.2. The number of aryl methyl sites for hydroxylation is 2. The molecular formula is C9H13N5O. The number of nitrogens with one attached hydrogen (secondary N) is 1. The van der Waals surface area contributed by atoms with E-state index in [1.807, 2.05) is 26.1 Å². The van der Waals surface area contributed by atoms with Gasteiger partial charge < -0.3 is 4.42 Å². The van der Waals surface area contributed by atoms with Gasteiger partial charge in [-0.2, -0.15) is 0 Å². The largest absolute Gasteiger partial charge is 0.464 e. The zero-order valence-electron chi connectivity index (χ0n) is 8.64. The minimum Gasteiger partial charge on any atom is -0.464 e. The van der Waals surface area contributed by atoms with Crippen LogP contribution in [0, 0.1) is 6.92 Å². The summed E-state index contributed by atoms with van der Waals surface area (Å²) in [7, 11) is 1.81. The van der Waals surface area contributed by atoms with Crippen molar-refractivity contribution in [2.75, 3.05) is 0 Å². The standard InChI is InChI=1S/C9H13N5O/c1-6-3-4-8(15-6)9(12-10)7-5-11-13-14(7)2/h3-5,9,12H,10H2,1-2H3. The maximum atomic E-state index is 5.50. The smallest absolute Gasteiger partial charge is 0.128 e. The Bertz CT molecular complexity index is 447. The number of nitrogens with two attached hydrogens (primary N) is 1. The highest BCUT2D eigenvalue weighted by Gasteiger charge is 2.19. The number of nitrogens with zero attached hydrogens (tertiary/aromatic N) is 3. The van der Waals surface area contributed by atoms with Crippen LogP contribution < -0.4 is 11.3 Å². The molecule has 1 unspecified atom stereocenters. The first-order valence-corrected chi connectivity index (χ1v) is 4.59. The molecule has 0 bridgehead atoms. The molecule has 0 amide bonds. The lowest BCUT2D eigenvalue weighted by Crippen LogP contribution is -2.30. The number of hydrazine groups is 1. The molecular weight excluding hydrogens is 194 g/mol. The molecule has 0 aliphatic carbocycles. The molecule has 0 aromatic carbocycles. The molecule has 2 aromatic heterocycles. The van der Waals surface area contributed by atoms with Crippen LogP contribution in [0.2, 0.25) is 0 Å². The Morgan fingerprint density at radius 2 is 2.33 bits per heavy atom. The molecule has 2 aromatic rings. The molecule has 6 nitrogen and oxygen atoms in total. The molecule has 0 aliphatic heterocycles. The second kappa shape index (κ2) is 3.84. The van der Waals surface area contributed by atoms with Crippen molar-refractivity contribution in [3.63, 3.8) is 0 Å². The predicted octanol–water partition coefficient (Wildman–Crippen LogP) is 0.269. The Balaban J connectivity index is 2.36. The number of hydrogen-bond acceptors (Lipinski definition) is 5. The van der Waals surface area contributed by atoms with Crippen LogP contribution in [0.4, 0.5) is 0 Å². The van der Waals surface area contributed by atoms with Gasteiger partial charge in [0.15, 0.2) is 0 Å². The highest BCUT2D eigenvalue weighted by molar-refractivity contribution is 5.19. The van der Waals surface area contributed by atoms with Gasteiger partial charge in [0, 0.05) is 7.05 Å². The normalized spacial score (nSPS) is 13.0. The summed E-state index contributed by atoms with van der Waals surface area (Å²) in [5.41, 5.74) is 3.53. The average molecular weight is 207 g/mol. The van der Waals surface area contributed by atoms with Gasteiger partial charge in [-0.15, -0.1) is 5.10 Å². The summed E-state index contributed by atoms with van der Waals surface area (Å²) in [6, 6.07) is 3.55. The van der Waals surface area contributed by atoms with E-state index < -0.39 is 0 Å². The van der Waals surface area contributed by atoms with Crippen molar-refractivity contribution in [3.05, 3.63) is 35.5 Å². The Morgan fingerprint density at radius 1 is 1.53 bits per heavy atom. The van der Waals surface area contributed by atoms with Crippen molar-refractivity contribution in [2.45, 2.75) is 13.0 Å². The lowest BCUT2D eigenvalue weighted by molar-refractivity contribution is 0.422. The van der Waals surface area contributed by atoms with Crippen LogP contribution in [-0.4, -0.2) is 15.0 Å². The summed E-state index contributed by atoms with van der Waals surface area (Å²) >= 11 is 0. The molecule has 0 fully saturated rings. The van der Waals surface area contributed by atoms with Crippen LogP contribution in [0.1, 0.15) is 23.3 Å². The maximum absolute atomic E-state index is 5.50. The Kier molecular flexibility index (Phi) is 2.53. The van der Waals surface area contributed by atoms with E-state index in [-0.39, 0.29) is 6.04 Å². The first-order valence-electron chi connectivity index (χ1n) is 4.59. The third-order valence-electron chi connectivity index (χ3n) is 2.26. The van der Waals surface area contributed by atoms with E-state index in [4.69, 9.17) is 10.3 Å². The van der Waals surface area contributed by atoms with Crippen molar-refractivity contribution in [2.24, 2.45) is 12.9 Å². The van der Waals surface area contributed by atoms with Crippen LogP contribution in [-0.2, 0) is 7.05 Å². The Hall–Kier alpha value is -1.66. The number of furan rings is 1. The highest BCUT2D eigenvalue weighted by Crippen LogP contribution is 2.21. The molecule has 1 atom stereocenters. The maximum Gasteiger partial charge on any atom is 0.128 e. The fourth-order valence-corrected chi connectivity index (χ4v) is 1.48. The molecule has 2 heterocycles. The summed E-state index contributed by atoms with van der Waals surface area (Å²) in [5.74, 6) is 7.09. The third kappa shape index (κ3) is 1.77. The molecule has 80 valence electrons. The summed E-state index contributed by atoms with van der Waals surface area (Å²) < 4.78 is 7.16. The van der Waals surface area contributed by atoms with Gasteiger partial charge in [-0.05, 0) is 19.1 Å². The Morgan fingerprint density at radius 3 is 2.80 bits per heavy atom. The van der Waals surface area contributed by atoms with Gasteiger partial charge in [0.25, 0.3) is 0 Å². The molecule has 6 heteroatoms. The first-order chi connectivity index (χ1) is 7.22. The molecule has 0 spiro atoms. The van der Waals surface area contributed by atoms with Gasteiger partial charge >= 0.3 is 0 Å². The molecule has 0 saturated carbocycles. The van der Waals surface area contributed by atoms with Gasteiger partial charge in [-0.3, -0.25) is 10.5 Å². The zero-order chi connectivity index (χ0) is 10.8. The quantitative estimate of drug-likeness (QED) is 0.557. The fraction of sp³-hybridized carbons (Fsp3) is 0.333. The van der Waals surface area contributed by atoms with Crippen molar-refractivity contribution in [1.29, 1.82) is 0 Å². The number of hydrogen-bond donors (Lipinski definition) is 2. The second-order valence-corrected chi connectivity index (χ2v) is 3.33. The Labute approximate surface area is 87.0 Å². The minimum absolute atomic E-state index is 0.223. The van der Waals surface area contributed by atoms with Gasteiger partial charge in [0.1, 0.15) is 17.6 Å². The van der Waals surface area contributed by atoms with E-state index in [0.29, 0.717) is 0 Å². The van der Waals surface area contributed by atoms with E-state index >= 15 is 0 Å². The van der Waals surface area contributed by atoms with Crippen LogP contribution in [0.25, 0.3) is 0 Å². The second-order valence-electron chi connectivity index (χ2n) is 3.33. The molecule has 0 radical (unpaired) electrons. The number of aromatic nitrogens is 3. The highest BCUT2D eigenvalue weighted by atomic mass is 16.3. The molecule has 15 heavy (non-hydrogen) atoms. The molecule has 0 saturated heterocycles. The van der Waals surface area contributed by atoms with E-state index in [2.05, 4.69) is 15.7 Å². The van der Waals surface area contributed by atoms with Crippen molar-refractivity contribution >= 4 is 0 Å². The molecule has 2 rings (SSSR count).